The van der Waals surface area contributed by atoms with Crippen molar-refractivity contribution in [2.75, 3.05) is 6.54 Å². The summed E-state index contributed by atoms with van der Waals surface area (Å²) in [6.07, 6.45) is 2.29. The van der Waals surface area contributed by atoms with Gasteiger partial charge in [0.25, 0.3) is 0 Å². The molecule has 2 N–H and O–H groups in total. The first-order valence-corrected chi connectivity index (χ1v) is 7.62. The quantitative estimate of drug-likeness (QED) is 0.752. The van der Waals surface area contributed by atoms with Crippen LogP contribution in [0, 0.1) is 13.8 Å². The molecule has 118 valence electrons. The van der Waals surface area contributed by atoms with Crippen LogP contribution in [0.25, 0.3) is 0 Å². The number of amides is 2. The average molecular weight is 302 g/mol. The second-order valence-electron chi connectivity index (χ2n) is 5.84. The van der Waals surface area contributed by atoms with Crippen molar-refractivity contribution in [3.63, 3.8) is 0 Å². The Morgan fingerprint density at radius 1 is 1.05 bits per heavy atom. The Kier molecular flexibility index (Phi) is 5.31. The molecule has 0 radical (unpaired) electrons. The van der Waals surface area contributed by atoms with Crippen LogP contribution in [-0.2, 0) is 9.59 Å². The van der Waals surface area contributed by atoms with E-state index >= 15 is 0 Å². The van der Waals surface area contributed by atoms with Crippen molar-refractivity contribution >= 4 is 17.6 Å². The Balaban J connectivity index is 1.71. The standard InChI is InChI=1S/C17H22N2O3/c1-11-3-4-13(9-12(11)2)15(20)7-8-16(21)18-10-17(22)19-14-5-6-14/h3-4,9,14H,5-8,10H2,1-2H3,(H,18,21)(H,19,22). The van der Waals surface area contributed by atoms with E-state index in [1.165, 1.54) is 0 Å². The van der Waals surface area contributed by atoms with Gasteiger partial charge in [0, 0.05) is 24.4 Å². The number of benzene rings is 1. The molecular formula is C17H22N2O3. The number of ketones is 1. The first kappa shape index (κ1) is 16.2. The molecule has 0 spiro atoms. The Bertz CT molecular complexity index is 592. The molecule has 0 aliphatic heterocycles. The van der Waals surface area contributed by atoms with E-state index in [-0.39, 0.29) is 43.0 Å². The summed E-state index contributed by atoms with van der Waals surface area (Å²) in [7, 11) is 0. The zero-order chi connectivity index (χ0) is 16.1. The van der Waals surface area contributed by atoms with Crippen LogP contribution < -0.4 is 10.6 Å². The fourth-order valence-corrected chi connectivity index (χ4v) is 2.06. The number of hydrogen-bond donors (Lipinski definition) is 2. The number of Topliss-reactive ketones (excluding diaryl/α,β-unsaturated/α-hetero) is 1. The zero-order valence-corrected chi connectivity index (χ0v) is 13.1. The molecule has 5 heteroatoms. The van der Waals surface area contributed by atoms with Crippen LogP contribution in [0.5, 0.6) is 0 Å². The largest absolute Gasteiger partial charge is 0.352 e. The van der Waals surface area contributed by atoms with Gasteiger partial charge in [0.2, 0.25) is 11.8 Å². The molecule has 0 unspecified atom stereocenters. The lowest BCUT2D eigenvalue weighted by Gasteiger charge is -2.07. The fourth-order valence-electron chi connectivity index (χ4n) is 2.06. The minimum absolute atomic E-state index is 0.0207. The minimum Gasteiger partial charge on any atom is -0.352 e. The summed E-state index contributed by atoms with van der Waals surface area (Å²) in [5.74, 6) is -0.500. The third-order valence-corrected chi connectivity index (χ3v) is 3.80. The molecule has 1 aromatic rings. The van der Waals surface area contributed by atoms with E-state index in [0.29, 0.717) is 5.56 Å². The van der Waals surface area contributed by atoms with Gasteiger partial charge in [-0.1, -0.05) is 12.1 Å². The average Bonchev–Trinajstić information content (AvgIpc) is 3.29. The molecule has 0 bridgehead atoms. The molecule has 2 rings (SSSR count). The molecule has 0 atom stereocenters. The summed E-state index contributed by atoms with van der Waals surface area (Å²) in [5, 5.41) is 5.33. The fraction of sp³-hybridized carbons (Fsp3) is 0.471. The molecule has 2 amide bonds. The maximum absolute atomic E-state index is 12.0. The first-order chi connectivity index (χ1) is 10.5. The summed E-state index contributed by atoms with van der Waals surface area (Å²) in [6.45, 7) is 3.92. The third kappa shape index (κ3) is 4.98. The van der Waals surface area contributed by atoms with Gasteiger partial charge in [0.05, 0.1) is 6.54 Å². The van der Waals surface area contributed by atoms with Gasteiger partial charge in [-0.2, -0.15) is 0 Å². The second kappa shape index (κ2) is 7.20. The van der Waals surface area contributed by atoms with Crippen LogP contribution >= 0.6 is 0 Å². The number of hydrogen-bond acceptors (Lipinski definition) is 3. The highest BCUT2D eigenvalue weighted by atomic mass is 16.2. The molecule has 22 heavy (non-hydrogen) atoms. The monoisotopic (exact) mass is 302 g/mol. The lowest BCUT2D eigenvalue weighted by Crippen LogP contribution is -2.37. The van der Waals surface area contributed by atoms with E-state index < -0.39 is 0 Å². The van der Waals surface area contributed by atoms with Crippen LogP contribution in [0.2, 0.25) is 0 Å². The van der Waals surface area contributed by atoms with Crippen LogP contribution in [0.4, 0.5) is 0 Å². The van der Waals surface area contributed by atoms with Crippen molar-refractivity contribution in [1.29, 1.82) is 0 Å². The van der Waals surface area contributed by atoms with Crippen molar-refractivity contribution in [2.24, 2.45) is 0 Å². The molecule has 1 saturated carbocycles. The van der Waals surface area contributed by atoms with Gasteiger partial charge in [0.15, 0.2) is 5.78 Å². The normalized spacial score (nSPS) is 13.5. The molecular weight excluding hydrogens is 280 g/mol. The van der Waals surface area contributed by atoms with Crippen LogP contribution in [0.3, 0.4) is 0 Å². The summed E-state index contributed by atoms with van der Waals surface area (Å²) in [6, 6.07) is 5.82. The number of carbonyl (C=O) groups excluding carboxylic acids is 3. The predicted octanol–water partition coefficient (Wildman–Crippen LogP) is 1.66. The summed E-state index contributed by atoms with van der Waals surface area (Å²) < 4.78 is 0. The number of aryl methyl sites for hydroxylation is 2. The lowest BCUT2D eigenvalue weighted by atomic mass is 10.0. The van der Waals surface area contributed by atoms with Crippen molar-refractivity contribution in [3.8, 4) is 0 Å². The summed E-state index contributed by atoms with van der Waals surface area (Å²) >= 11 is 0. The molecule has 0 aromatic heterocycles. The maximum atomic E-state index is 12.0. The topological polar surface area (TPSA) is 75.3 Å². The summed E-state index contributed by atoms with van der Waals surface area (Å²) in [5.41, 5.74) is 2.82. The van der Waals surface area contributed by atoms with E-state index in [2.05, 4.69) is 10.6 Å². The molecule has 5 nitrogen and oxygen atoms in total. The maximum Gasteiger partial charge on any atom is 0.239 e. The smallest absolute Gasteiger partial charge is 0.239 e. The minimum atomic E-state index is -0.275. The van der Waals surface area contributed by atoms with E-state index in [1.54, 1.807) is 6.07 Å². The van der Waals surface area contributed by atoms with E-state index in [1.807, 2.05) is 26.0 Å². The van der Waals surface area contributed by atoms with Gasteiger partial charge in [-0.3, -0.25) is 14.4 Å². The molecule has 1 aromatic carbocycles. The van der Waals surface area contributed by atoms with Crippen molar-refractivity contribution < 1.29 is 14.4 Å². The zero-order valence-electron chi connectivity index (χ0n) is 13.1. The molecule has 1 fully saturated rings. The van der Waals surface area contributed by atoms with Gasteiger partial charge in [0.1, 0.15) is 0 Å². The second-order valence-corrected chi connectivity index (χ2v) is 5.84. The van der Waals surface area contributed by atoms with Crippen LogP contribution in [0.15, 0.2) is 18.2 Å². The Morgan fingerprint density at radius 2 is 1.77 bits per heavy atom. The van der Waals surface area contributed by atoms with Gasteiger partial charge in [-0.15, -0.1) is 0 Å². The molecule has 1 aliphatic carbocycles. The predicted molar refractivity (Wildman–Crippen MR) is 83.7 cm³/mol. The number of nitrogens with one attached hydrogen (secondary N) is 2. The highest BCUT2D eigenvalue weighted by molar-refractivity contribution is 5.98. The van der Waals surface area contributed by atoms with E-state index in [9.17, 15) is 14.4 Å². The Hall–Kier alpha value is -2.17. The van der Waals surface area contributed by atoms with E-state index in [0.717, 1.165) is 24.0 Å². The Labute approximate surface area is 130 Å². The van der Waals surface area contributed by atoms with Crippen LogP contribution in [0.1, 0.15) is 47.2 Å². The van der Waals surface area contributed by atoms with Gasteiger partial charge in [-0.05, 0) is 43.9 Å². The number of rotatable bonds is 7. The van der Waals surface area contributed by atoms with Gasteiger partial charge >= 0.3 is 0 Å². The molecule has 1 aliphatic rings. The SMILES string of the molecule is Cc1ccc(C(=O)CCC(=O)NCC(=O)NC2CC2)cc1C. The first-order valence-electron chi connectivity index (χ1n) is 7.62. The molecule has 0 saturated heterocycles. The van der Waals surface area contributed by atoms with Crippen molar-refractivity contribution in [3.05, 3.63) is 34.9 Å². The third-order valence-electron chi connectivity index (χ3n) is 3.80. The highest BCUT2D eigenvalue weighted by Gasteiger charge is 2.23. The van der Waals surface area contributed by atoms with E-state index in [4.69, 9.17) is 0 Å². The Morgan fingerprint density at radius 3 is 2.41 bits per heavy atom. The van der Waals surface area contributed by atoms with Crippen molar-refractivity contribution in [1.82, 2.24) is 10.6 Å². The van der Waals surface area contributed by atoms with Crippen LogP contribution in [-0.4, -0.2) is 30.2 Å². The molecule has 0 heterocycles. The van der Waals surface area contributed by atoms with Crippen molar-refractivity contribution in [2.45, 2.75) is 45.6 Å². The highest BCUT2D eigenvalue weighted by Crippen LogP contribution is 2.18. The lowest BCUT2D eigenvalue weighted by molar-refractivity contribution is -0.126. The van der Waals surface area contributed by atoms with Gasteiger partial charge < -0.3 is 10.6 Å². The van der Waals surface area contributed by atoms with Gasteiger partial charge in [-0.25, -0.2) is 0 Å². The summed E-state index contributed by atoms with van der Waals surface area (Å²) in [4.78, 5) is 35.1. The number of carbonyl (C=O) groups is 3.